The van der Waals surface area contributed by atoms with Crippen LogP contribution in [0, 0.1) is 0 Å². The van der Waals surface area contributed by atoms with Crippen molar-refractivity contribution in [2.75, 3.05) is 13.1 Å². The van der Waals surface area contributed by atoms with Crippen LogP contribution in [0.5, 0.6) is 0 Å². The van der Waals surface area contributed by atoms with Crippen molar-refractivity contribution in [3.63, 3.8) is 0 Å². The van der Waals surface area contributed by atoms with E-state index < -0.39 is 0 Å². The van der Waals surface area contributed by atoms with Crippen LogP contribution in [0.15, 0.2) is 22.6 Å². The first-order chi connectivity index (χ1) is 10.0. The Morgan fingerprint density at radius 1 is 1.38 bits per heavy atom. The SMILES string of the molecule is CC(c1nnc(-c2ccc(Cl)cc2Cl)o1)N1CC[C@H](O)C1. The van der Waals surface area contributed by atoms with Crippen LogP contribution < -0.4 is 0 Å². The van der Waals surface area contributed by atoms with E-state index in [9.17, 15) is 5.11 Å². The number of nitrogens with zero attached hydrogens (tertiary/aromatic N) is 3. The molecule has 2 atom stereocenters. The summed E-state index contributed by atoms with van der Waals surface area (Å²) >= 11 is 12.0. The minimum atomic E-state index is -0.277. The zero-order valence-corrected chi connectivity index (χ0v) is 13.0. The third kappa shape index (κ3) is 3.06. The molecule has 1 aromatic carbocycles. The molecule has 1 aliphatic heterocycles. The van der Waals surface area contributed by atoms with Gasteiger partial charge in [0.25, 0.3) is 0 Å². The molecule has 0 bridgehead atoms. The lowest BCUT2D eigenvalue weighted by molar-refractivity contribution is 0.155. The van der Waals surface area contributed by atoms with Gasteiger partial charge in [-0.05, 0) is 31.5 Å². The van der Waals surface area contributed by atoms with Crippen molar-refractivity contribution in [2.24, 2.45) is 0 Å². The topological polar surface area (TPSA) is 62.4 Å². The minimum Gasteiger partial charge on any atom is -0.419 e. The fourth-order valence-corrected chi connectivity index (χ4v) is 2.94. The van der Waals surface area contributed by atoms with Crippen molar-refractivity contribution in [3.05, 3.63) is 34.1 Å². The van der Waals surface area contributed by atoms with Crippen LogP contribution in [0.25, 0.3) is 11.5 Å². The van der Waals surface area contributed by atoms with E-state index in [2.05, 4.69) is 15.1 Å². The molecule has 0 radical (unpaired) electrons. The molecule has 0 spiro atoms. The molecule has 1 aliphatic rings. The Hall–Kier alpha value is -1.14. The molecule has 1 aromatic heterocycles. The van der Waals surface area contributed by atoms with Gasteiger partial charge in [0.15, 0.2) is 0 Å². The van der Waals surface area contributed by atoms with Crippen molar-refractivity contribution in [3.8, 4) is 11.5 Å². The quantitative estimate of drug-likeness (QED) is 0.938. The molecule has 0 saturated carbocycles. The summed E-state index contributed by atoms with van der Waals surface area (Å²) in [6.07, 6.45) is 0.495. The number of likely N-dealkylation sites (tertiary alicyclic amines) is 1. The smallest absolute Gasteiger partial charge is 0.249 e. The second-order valence-corrected chi connectivity index (χ2v) is 6.03. The Morgan fingerprint density at radius 2 is 2.19 bits per heavy atom. The number of hydrogen-bond donors (Lipinski definition) is 1. The maximum atomic E-state index is 9.60. The monoisotopic (exact) mass is 327 g/mol. The molecule has 1 saturated heterocycles. The van der Waals surface area contributed by atoms with Gasteiger partial charge in [0.1, 0.15) is 0 Å². The first-order valence-electron chi connectivity index (χ1n) is 6.75. The van der Waals surface area contributed by atoms with Gasteiger partial charge < -0.3 is 9.52 Å². The van der Waals surface area contributed by atoms with Crippen LogP contribution in [0.4, 0.5) is 0 Å². The Labute approximate surface area is 132 Å². The Bertz CT molecular complexity index is 647. The summed E-state index contributed by atoms with van der Waals surface area (Å²) in [5, 5.41) is 18.8. The molecular formula is C14H15Cl2N3O2. The molecule has 112 valence electrons. The van der Waals surface area contributed by atoms with E-state index in [-0.39, 0.29) is 12.1 Å². The van der Waals surface area contributed by atoms with Gasteiger partial charge in [-0.25, -0.2) is 0 Å². The van der Waals surface area contributed by atoms with Crippen molar-refractivity contribution >= 4 is 23.2 Å². The van der Waals surface area contributed by atoms with Gasteiger partial charge in [-0.3, -0.25) is 4.90 Å². The van der Waals surface area contributed by atoms with E-state index in [0.717, 1.165) is 13.0 Å². The number of halogens is 2. The van der Waals surface area contributed by atoms with Gasteiger partial charge in [0.2, 0.25) is 11.8 Å². The van der Waals surface area contributed by atoms with E-state index in [1.54, 1.807) is 18.2 Å². The average Bonchev–Trinajstić information content (AvgIpc) is 3.07. The maximum absolute atomic E-state index is 9.60. The predicted octanol–water partition coefficient (Wildman–Crippen LogP) is 3.17. The number of aromatic nitrogens is 2. The van der Waals surface area contributed by atoms with E-state index in [4.69, 9.17) is 27.6 Å². The molecule has 1 fully saturated rings. The van der Waals surface area contributed by atoms with Gasteiger partial charge in [0.05, 0.1) is 22.7 Å². The second-order valence-electron chi connectivity index (χ2n) is 5.18. The molecule has 0 amide bonds. The molecule has 21 heavy (non-hydrogen) atoms. The predicted molar refractivity (Wildman–Crippen MR) is 80.4 cm³/mol. The number of β-amino-alcohol motifs (C(OH)–C–C–N with tert-alkyl or cyclic N) is 1. The Kier molecular flexibility index (Phi) is 4.17. The highest BCUT2D eigenvalue weighted by molar-refractivity contribution is 6.36. The number of benzene rings is 1. The number of aliphatic hydroxyl groups excluding tert-OH is 1. The Morgan fingerprint density at radius 3 is 2.86 bits per heavy atom. The van der Waals surface area contributed by atoms with Gasteiger partial charge in [-0.2, -0.15) is 0 Å². The lowest BCUT2D eigenvalue weighted by Crippen LogP contribution is -2.25. The molecule has 5 nitrogen and oxygen atoms in total. The second kappa shape index (κ2) is 5.93. The average molecular weight is 328 g/mol. The molecule has 2 heterocycles. The molecule has 2 aromatic rings. The van der Waals surface area contributed by atoms with Gasteiger partial charge in [-0.15, -0.1) is 10.2 Å². The zero-order valence-electron chi connectivity index (χ0n) is 11.5. The number of aliphatic hydroxyl groups is 1. The maximum Gasteiger partial charge on any atom is 0.249 e. The minimum absolute atomic E-state index is 0.0329. The highest BCUT2D eigenvalue weighted by Crippen LogP contribution is 2.31. The van der Waals surface area contributed by atoms with Gasteiger partial charge in [0, 0.05) is 18.1 Å². The third-order valence-corrected chi connectivity index (χ3v) is 4.25. The molecule has 1 N–H and O–H groups in total. The Balaban J connectivity index is 1.83. The van der Waals surface area contributed by atoms with E-state index in [1.165, 1.54) is 0 Å². The van der Waals surface area contributed by atoms with Crippen LogP contribution >= 0.6 is 23.2 Å². The largest absolute Gasteiger partial charge is 0.419 e. The molecule has 7 heteroatoms. The van der Waals surface area contributed by atoms with Gasteiger partial charge >= 0.3 is 0 Å². The third-order valence-electron chi connectivity index (χ3n) is 3.70. The number of rotatable bonds is 3. The fourth-order valence-electron chi connectivity index (χ4n) is 2.45. The zero-order chi connectivity index (χ0) is 15.0. The fraction of sp³-hybridized carbons (Fsp3) is 0.429. The highest BCUT2D eigenvalue weighted by Gasteiger charge is 2.28. The van der Waals surface area contributed by atoms with Crippen LogP contribution in [0.1, 0.15) is 25.3 Å². The van der Waals surface area contributed by atoms with Crippen LogP contribution in [-0.2, 0) is 0 Å². The summed E-state index contributed by atoms with van der Waals surface area (Å²) in [4.78, 5) is 2.12. The highest BCUT2D eigenvalue weighted by atomic mass is 35.5. The first kappa shape index (κ1) is 14.8. The molecule has 0 aliphatic carbocycles. The summed E-state index contributed by atoms with van der Waals surface area (Å²) in [7, 11) is 0. The van der Waals surface area contributed by atoms with E-state index in [1.807, 2.05) is 6.92 Å². The lowest BCUT2D eigenvalue weighted by Gasteiger charge is -2.20. The van der Waals surface area contributed by atoms with Crippen LogP contribution in [0.2, 0.25) is 10.0 Å². The van der Waals surface area contributed by atoms with E-state index >= 15 is 0 Å². The summed E-state index contributed by atoms with van der Waals surface area (Å²) in [5.41, 5.74) is 0.661. The molecular weight excluding hydrogens is 313 g/mol. The normalized spacial score (nSPS) is 20.9. The lowest BCUT2D eigenvalue weighted by atomic mass is 10.2. The number of hydrogen-bond acceptors (Lipinski definition) is 5. The van der Waals surface area contributed by atoms with Gasteiger partial charge in [-0.1, -0.05) is 23.2 Å². The summed E-state index contributed by atoms with van der Waals surface area (Å²) < 4.78 is 5.73. The summed E-state index contributed by atoms with van der Waals surface area (Å²) in [6, 6.07) is 5.09. The molecule has 1 unspecified atom stereocenters. The summed E-state index contributed by atoms with van der Waals surface area (Å²) in [6.45, 7) is 3.43. The van der Waals surface area contributed by atoms with Crippen molar-refractivity contribution < 1.29 is 9.52 Å². The van der Waals surface area contributed by atoms with Crippen molar-refractivity contribution in [1.82, 2.24) is 15.1 Å². The van der Waals surface area contributed by atoms with Crippen LogP contribution in [0.3, 0.4) is 0 Å². The standard InChI is InChI=1S/C14H15Cl2N3O2/c1-8(19-5-4-10(20)7-19)13-17-18-14(21-13)11-3-2-9(15)6-12(11)16/h2-3,6,8,10,20H,4-5,7H2,1H3/t8?,10-/m0/s1. The molecule has 3 rings (SSSR count). The van der Waals surface area contributed by atoms with Crippen molar-refractivity contribution in [2.45, 2.75) is 25.5 Å². The van der Waals surface area contributed by atoms with Crippen molar-refractivity contribution in [1.29, 1.82) is 0 Å². The first-order valence-corrected chi connectivity index (χ1v) is 7.51. The summed E-state index contributed by atoms with van der Waals surface area (Å²) in [5.74, 6) is 0.892. The van der Waals surface area contributed by atoms with E-state index in [0.29, 0.717) is 33.9 Å². The van der Waals surface area contributed by atoms with Crippen LogP contribution in [-0.4, -0.2) is 39.4 Å².